The molecule has 0 radical (unpaired) electrons. The molecule has 5 nitrogen and oxygen atoms in total. The maximum absolute atomic E-state index is 11.6. The molecule has 0 fully saturated rings. The summed E-state index contributed by atoms with van der Waals surface area (Å²) >= 11 is 3.22. The predicted molar refractivity (Wildman–Crippen MR) is 68.6 cm³/mol. The van der Waals surface area contributed by atoms with E-state index >= 15 is 0 Å². The third-order valence-corrected chi connectivity index (χ3v) is 3.62. The molecule has 0 unspecified atom stereocenters. The average Bonchev–Trinajstić information content (AvgIpc) is 2.23. The monoisotopic (exact) mass is 320 g/mol. The number of pyridine rings is 1. The first kappa shape index (κ1) is 14.1. The zero-order valence-electron chi connectivity index (χ0n) is 9.31. The van der Waals surface area contributed by atoms with Crippen molar-refractivity contribution in [2.75, 3.05) is 18.6 Å². The molecular formula is C10H13BrN2O3S. The quantitative estimate of drug-likeness (QED) is 0.821. The Morgan fingerprint density at radius 1 is 1.53 bits per heavy atom. The van der Waals surface area contributed by atoms with E-state index < -0.39 is 9.84 Å². The number of nitrogens with zero attached hydrogens (tertiary/aromatic N) is 1. The molecule has 1 aromatic rings. The molecule has 7 heteroatoms. The van der Waals surface area contributed by atoms with Gasteiger partial charge in [-0.25, -0.2) is 13.4 Å². The summed E-state index contributed by atoms with van der Waals surface area (Å²) in [5.74, 6) is -0.248. The van der Waals surface area contributed by atoms with Crippen LogP contribution in [0.3, 0.4) is 0 Å². The van der Waals surface area contributed by atoms with Crippen molar-refractivity contribution >= 4 is 31.7 Å². The molecule has 1 N–H and O–H groups in total. The van der Waals surface area contributed by atoms with Gasteiger partial charge in [0.15, 0.2) is 0 Å². The number of carbonyl (C=O) groups is 1. The fraction of sp³-hybridized carbons (Fsp3) is 0.400. The van der Waals surface area contributed by atoms with Crippen molar-refractivity contribution < 1.29 is 13.2 Å². The number of amides is 1. The molecule has 17 heavy (non-hydrogen) atoms. The minimum atomic E-state index is -2.97. The summed E-state index contributed by atoms with van der Waals surface area (Å²) in [6, 6.07) is 3.43. The molecule has 0 aliphatic carbocycles. The van der Waals surface area contributed by atoms with Crippen LogP contribution >= 0.6 is 15.9 Å². The van der Waals surface area contributed by atoms with Crippen LogP contribution in [-0.4, -0.2) is 37.9 Å². The Morgan fingerprint density at radius 3 is 2.82 bits per heavy atom. The summed E-state index contributed by atoms with van der Waals surface area (Å²) in [5.41, 5.74) is 0.298. The lowest BCUT2D eigenvalue weighted by molar-refractivity contribution is 0.0948. The second kappa shape index (κ2) is 6.11. The Hall–Kier alpha value is -0.950. The summed E-state index contributed by atoms with van der Waals surface area (Å²) in [5, 5.41) is 2.62. The van der Waals surface area contributed by atoms with Gasteiger partial charge in [-0.3, -0.25) is 4.79 Å². The topological polar surface area (TPSA) is 76.1 Å². The van der Waals surface area contributed by atoms with Gasteiger partial charge in [-0.15, -0.1) is 0 Å². The summed E-state index contributed by atoms with van der Waals surface area (Å²) in [4.78, 5) is 15.6. The summed E-state index contributed by atoms with van der Waals surface area (Å²) < 4.78 is 22.3. The highest BCUT2D eigenvalue weighted by Crippen LogP contribution is 2.12. The number of nitrogens with one attached hydrogen (secondary N) is 1. The van der Waals surface area contributed by atoms with Crippen molar-refractivity contribution in [1.82, 2.24) is 10.3 Å². The van der Waals surface area contributed by atoms with Crippen LogP contribution < -0.4 is 5.32 Å². The molecule has 0 saturated heterocycles. The number of sulfone groups is 1. The standard InChI is InChI=1S/C10H13BrN2O3S/c1-17(15,16)7-3-6-13-10(14)9-8(11)4-2-5-12-9/h2,4-5H,3,6-7H2,1H3,(H,13,14). The Bertz CT molecular complexity index is 502. The van der Waals surface area contributed by atoms with E-state index in [0.717, 1.165) is 0 Å². The van der Waals surface area contributed by atoms with Crippen LogP contribution in [-0.2, 0) is 9.84 Å². The van der Waals surface area contributed by atoms with E-state index in [4.69, 9.17) is 0 Å². The van der Waals surface area contributed by atoms with Crippen LogP contribution in [0.25, 0.3) is 0 Å². The zero-order chi connectivity index (χ0) is 12.9. The van der Waals surface area contributed by atoms with Gasteiger partial charge in [-0.2, -0.15) is 0 Å². The SMILES string of the molecule is CS(=O)(=O)CCCNC(=O)c1ncccc1Br. The molecule has 0 bridgehead atoms. The minimum absolute atomic E-state index is 0.0661. The number of hydrogen-bond donors (Lipinski definition) is 1. The van der Waals surface area contributed by atoms with Gasteiger partial charge in [0.25, 0.3) is 5.91 Å². The lowest BCUT2D eigenvalue weighted by Crippen LogP contribution is -2.27. The molecule has 0 saturated carbocycles. The number of hydrogen-bond acceptors (Lipinski definition) is 4. The molecule has 1 rings (SSSR count). The average molecular weight is 321 g/mol. The molecule has 0 spiro atoms. The Labute approximate surface area is 109 Å². The fourth-order valence-electron chi connectivity index (χ4n) is 1.17. The molecule has 0 atom stereocenters. The smallest absolute Gasteiger partial charge is 0.271 e. The molecule has 0 aliphatic rings. The fourth-order valence-corrected chi connectivity index (χ4v) is 2.28. The van der Waals surface area contributed by atoms with Gasteiger partial charge in [0.1, 0.15) is 15.5 Å². The first-order valence-electron chi connectivity index (χ1n) is 4.96. The van der Waals surface area contributed by atoms with Crippen LogP contribution in [0, 0.1) is 0 Å². The van der Waals surface area contributed by atoms with Crippen molar-refractivity contribution in [3.05, 3.63) is 28.5 Å². The Kier molecular flexibility index (Phi) is 5.07. The highest BCUT2D eigenvalue weighted by molar-refractivity contribution is 9.10. The van der Waals surface area contributed by atoms with Gasteiger partial charge in [0, 0.05) is 23.5 Å². The number of halogens is 1. The zero-order valence-corrected chi connectivity index (χ0v) is 11.7. The molecule has 1 aromatic heterocycles. The normalized spacial score (nSPS) is 11.2. The summed E-state index contributed by atoms with van der Waals surface area (Å²) in [6.07, 6.45) is 3.09. The van der Waals surface area contributed by atoms with Crippen molar-refractivity contribution in [2.45, 2.75) is 6.42 Å². The van der Waals surface area contributed by atoms with Crippen LogP contribution in [0.4, 0.5) is 0 Å². The third-order valence-electron chi connectivity index (χ3n) is 1.95. The highest BCUT2D eigenvalue weighted by Gasteiger charge is 2.10. The minimum Gasteiger partial charge on any atom is -0.351 e. The van der Waals surface area contributed by atoms with E-state index in [9.17, 15) is 13.2 Å². The van der Waals surface area contributed by atoms with Crippen molar-refractivity contribution in [3.8, 4) is 0 Å². The number of rotatable bonds is 5. The maximum Gasteiger partial charge on any atom is 0.271 e. The Morgan fingerprint density at radius 2 is 2.24 bits per heavy atom. The number of carbonyl (C=O) groups excluding carboxylic acids is 1. The van der Waals surface area contributed by atoms with Crippen LogP contribution in [0.15, 0.2) is 22.8 Å². The van der Waals surface area contributed by atoms with Crippen molar-refractivity contribution in [1.29, 1.82) is 0 Å². The van der Waals surface area contributed by atoms with Gasteiger partial charge in [-0.1, -0.05) is 0 Å². The van der Waals surface area contributed by atoms with E-state index in [0.29, 0.717) is 23.1 Å². The van der Waals surface area contributed by atoms with Gasteiger partial charge < -0.3 is 5.32 Å². The predicted octanol–water partition coefficient (Wildman–Crippen LogP) is 1.01. The van der Waals surface area contributed by atoms with E-state index in [1.54, 1.807) is 12.1 Å². The van der Waals surface area contributed by atoms with Gasteiger partial charge in [-0.05, 0) is 34.5 Å². The van der Waals surface area contributed by atoms with E-state index in [1.807, 2.05) is 0 Å². The maximum atomic E-state index is 11.6. The molecule has 1 amide bonds. The van der Waals surface area contributed by atoms with Gasteiger partial charge in [0.05, 0.1) is 5.75 Å². The Balaban J connectivity index is 2.44. The van der Waals surface area contributed by atoms with Crippen molar-refractivity contribution in [3.63, 3.8) is 0 Å². The molecule has 0 aliphatic heterocycles. The lowest BCUT2D eigenvalue weighted by Gasteiger charge is -2.05. The second-order valence-corrected chi connectivity index (χ2v) is 6.69. The van der Waals surface area contributed by atoms with Crippen LogP contribution in [0.2, 0.25) is 0 Å². The van der Waals surface area contributed by atoms with Gasteiger partial charge in [0.2, 0.25) is 0 Å². The highest BCUT2D eigenvalue weighted by atomic mass is 79.9. The number of aromatic nitrogens is 1. The molecule has 0 aromatic carbocycles. The third kappa shape index (κ3) is 5.27. The van der Waals surface area contributed by atoms with Crippen molar-refractivity contribution in [2.24, 2.45) is 0 Å². The van der Waals surface area contributed by atoms with Crippen LogP contribution in [0.5, 0.6) is 0 Å². The molecular weight excluding hydrogens is 308 g/mol. The van der Waals surface area contributed by atoms with Crippen LogP contribution in [0.1, 0.15) is 16.9 Å². The summed E-state index contributed by atoms with van der Waals surface area (Å²) in [7, 11) is -2.97. The lowest BCUT2D eigenvalue weighted by atomic mass is 10.3. The first-order chi connectivity index (χ1) is 7.90. The van der Waals surface area contributed by atoms with E-state index in [-0.39, 0.29) is 11.7 Å². The molecule has 1 heterocycles. The summed E-state index contributed by atoms with van der Waals surface area (Å²) in [6.45, 7) is 0.314. The first-order valence-corrected chi connectivity index (χ1v) is 7.82. The van der Waals surface area contributed by atoms with E-state index in [1.165, 1.54) is 12.5 Å². The molecule has 94 valence electrons. The van der Waals surface area contributed by atoms with Gasteiger partial charge >= 0.3 is 0 Å². The van der Waals surface area contributed by atoms with E-state index in [2.05, 4.69) is 26.2 Å². The second-order valence-electron chi connectivity index (χ2n) is 3.57. The largest absolute Gasteiger partial charge is 0.351 e.